The van der Waals surface area contributed by atoms with E-state index in [0.29, 0.717) is 17.6 Å². The molecule has 96 valence electrons. The molecule has 5 nitrogen and oxygen atoms in total. The van der Waals surface area contributed by atoms with E-state index in [1.54, 1.807) is 6.07 Å². The third kappa shape index (κ3) is 2.01. The Kier molecular flexibility index (Phi) is 2.63. The zero-order chi connectivity index (χ0) is 12.7. The zero-order valence-electron chi connectivity index (χ0n) is 10.3. The molecule has 0 bridgehead atoms. The third-order valence-electron chi connectivity index (χ3n) is 3.47. The van der Waals surface area contributed by atoms with Gasteiger partial charge in [-0.2, -0.15) is 4.98 Å². The van der Waals surface area contributed by atoms with E-state index in [2.05, 4.69) is 4.98 Å². The molecule has 1 fully saturated rings. The van der Waals surface area contributed by atoms with Crippen LogP contribution in [0.5, 0.6) is 0 Å². The van der Waals surface area contributed by atoms with Gasteiger partial charge in [-0.3, -0.25) is 0 Å². The lowest BCUT2D eigenvalue weighted by Crippen LogP contribution is -2.37. The summed E-state index contributed by atoms with van der Waals surface area (Å²) in [4.78, 5) is 6.41. The molecule has 5 heteroatoms. The number of rotatable bonds is 3. The summed E-state index contributed by atoms with van der Waals surface area (Å²) in [7, 11) is 1.96. The number of nitrogen functional groups attached to an aromatic ring is 1. The Morgan fingerprint density at radius 3 is 3.00 bits per heavy atom. The molecule has 3 N–H and O–H groups in total. The number of aliphatic hydroxyl groups is 1. The van der Waals surface area contributed by atoms with Crippen molar-refractivity contribution in [2.75, 3.05) is 24.2 Å². The molecule has 0 aliphatic heterocycles. The summed E-state index contributed by atoms with van der Waals surface area (Å²) >= 11 is 0. The predicted octanol–water partition coefficient (Wildman–Crippen LogP) is 1.62. The molecule has 1 aromatic heterocycles. The second-order valence-electron chi connectivity index (χ2n) is 5.10. The van der Waals surface area contributed by atoms with Crippen LogP contribution in [0.15, 0.2) is 22.6 Å². The van der Waals surface area contributed by atoms with Gasteiger partial charge in [0.2, 0.25) is 0 Å². The van der Waals surface area contributed by atoms with Crippen LogP contribution in [-0.2, 0) is 0 Å². The van der Waals surface area contributed by atoms with Crippen molar-refractivity contribution in [3.63, 3.8) is 0 Å². The molecule has 0 spiro atoms. The predicted molar refractivity (Wildman–Crippen MR) is 70.4 cm³/mol. The van der Waals surface area contributed by atoms with Gasteiger partial charge in [0.15, 0.2) is 5.58 Å². The molecule has 0 saturated heterocycles. The van der Waals surface area contributed by atoms with Crippen molar-refractivity contribution in [3.8, 4) is 0 Å². The molecule has 0 unspecified atom stereocenters. The van der Waals surface area contributed by atoms with Crippen LogP contribution < -0.4 is 10.6 Å². The Morgan fingerprint density at radius 2 is 2.28 bits per heavy atom. The van der Waals surface area contributed by atoms with E-state index >= 15 is 0 Å². The summed E-state index contributed by atoms with van der Waals surface area (Å²) in [6.45, 7) is 0.860. The second kappa shape index (κ2) is 4.17. The van der Waals surface area contributed by atoms with Gasteiger partial charge in [0.1, 0.15) is 5.52 Å². The topological polar surface area (TPSA) is 75.5 Å². The monoisotopic (exact) mass is 247 g/mol. The van der Waals surface area contributed by atoms with Crippen molar-refractivity contribution in [1.29, 1.82) is 0 Å². The highest BCUT2D eigenvalue weighted by molar-refractivity contribution is 5.78. The molecule has 1 aromatic carbocycles. The van der Waals surface area contributed by atoms with Gasteiger partial charge < -0.3 is 20.2 Å². The van der Waals surface area contributed by atoms with Crippen LogP contribution in [0.3, 0.4) is 0 Å². The third-order valence-corrected chi connectivity index (χ3v) is 3.47. The SMILES string of the molecule is CN(CC1CC(O)C1)c1nc2cc(N)ccc2o1. The van der Waals surface area contributed by atoms with E-state index in [1.807, 2.05) is 24.1 Å². The van der Waals surface area contributed by atoms with Crippen LogP contribution in [0.2, 0.25) is 0 Å². The standard InChI is InChI=1S/C13H17N3O2/c1-16(7-8-4-10(17)5-8)13-15-11-6-9(14)2-3-12(11)18-13/h2-3,6,8,10,17H,4-5,7,14H2,1H3. The van der Waals surface area contributed by atoms with Crippen molar-refractivity contribution in [1.82, 2.24) is 4.98 Å². The van der Waals surface area contributed by atoms with Gasteiger partial charge in [-0.25, -0.2) is 0 Å². The van der Waals surface area contributed by atoms with Gasteiger partial charge in [0.05, 0.1) is 6.10 Å². The largest absolute Gasteiger partial charge is 0.423 e. The van der Waals surface area contributed by atoms with Gasteiger partial charge in [-0.05, 0) is 37.0 Å². The number of hydrogen-bond acceptors (Lipinski definition) is 5. The highest BCUT2D eigenvalue weighted by Gasteiger charge is 2.28. The molecule has 18 heavy (non-hydrogen) atoms. The minimum atomic E-state index is -0.119. The minimum absolute atomic E-state index is 0.119. The molecule has 1 saturated carbocycles. The molecule has 1 aliphatic carbocycles. The lowest BCUT2D eigenvalue weighted by atomic mass is 9.82. The van der Waals surface area contributed by atoms with E-state index in [-0.39, 0.29) is 6.10 Å². The van der Waals surface area contributed by atoms with Crippen molar-refractivity contribution in [2.24, 2.45) is 5.92 Å². The number of nitrogens with zero attached hydrogens (tertiary/aromatic N) is 2. The molecule has 1 aliphatic rings. The van der Waals surface area contributed by atoms with Gasteiger partial charge in [0.25, 0.3) is 6.01 Å². The first-order valence-corrected chi connectivity index (χ1v) is 6.17. The zero-order valence-corrected chi connectivity index (χ0v) is 10.3. The fourth-order valence-electron chi connectivity index (χ4n) is 2.41. The Hall–Kier alpha value is -1.75. The van der Waals surface area contributed by atoms with Crippen LogP contribution >= 0.6 is 0 Å². The van der Waals surface area contributed by atoms with Crippen LogP contribution in [0.4, 0.5) is 11.7 Å². The maximum Gasteiger partial charge on any atom is 0.298 e. The minimum Gasteiger partial charge on any atom is -0.423 e. The van der Waals surface area contributed by atoms with Crippen LogP contribution in [-0.4, -0.2) is 29.8 Å². The highest BCUT2D eigenvalue weighted by atomic mass is 16.4. The fraction of sp³-hybridized carbons (Fsp3) is 0.462. The summed E-state index contributed by atoms with van der Waals surface area (Å²) < 4.78 is 5.68. The first kappa shape index (κ1) is 11.3. The van der Waals surface area contributed by atoms with Crippen LogP contribution in [0, 0.1) is 5.92 Å². The van der Waals surface area contributed by atoms with Crippen molar-refractivity contribution >= 4 is 22.8 Å². The summed E-state index contributed by atoms with van der Waals surface area (Å²) in [5.74, 6) is 0.532. The Balaban J connectivity index is 1.76. The molecular weight excluding hydrogens is 230 g/mol. The summed E-state index contributed by atoms with van der Waals surface area (Å²) in [5.41, 5.74) is 7.93. The Morgan fingerprint density at radius 1 is 1.50 bits per heavy atom. The Bertz CT molecular complexity index is 560. The van der Waals surface area contributed by atoms with Gasteiger partial charge in [-0.1, -0.05) is 0 Å². The maximum atomic E-state index is 9.28. The number of nitrogens with two attached hydrogens (primary N) is 1. The van der Waals surface area contributed by atoms with Crippen LogP contribution in [0.1, 0.15) is 12.8 Å². The fourth-order valence-corrected chi connectivity index (χ4v) is 2.41. The van der Waals surface area contributed by atoms with Crippen molar-refractivity contribution < 1.29 is 9.52 Å². The number of anilines is 2. The van der Waals surface area contributed by atoms with E-state index in [4.69, 9.17) is 10.2 Å². The second-order valence-corrected chi connectivity index (χ2v) is 5.10. The molecule has 0 atom stereocenters. The number of aliphatic hydroxyl groups excluding tert-OH is 1. The van der Waals surface area contributed by atoms with Crippen LogP contribution in [0.25, 0.3) is 11.1 Å². The number of benzene rings is 1. The summed E-state index contributed by atoms with van der Waals surface area (Å²) in [5, 5.41) is 9.28. The number of fused-ring (bicyclic) bond motifs is 1. The number of aromatic nitrogens is 1. The van der Waals surface area contributed by atoms with Gasteiger partial charge >= 0.3 is 0 Å². The smallest absolute Gasteiger partial charge is 0.298 e. The molecule has 0 amide bonds. The van der Waals surface area contributed by atoms with E-state index in [0.717, 1.165) is 30.5 Å². The van der Waals surface area contributed by atoms with Gasteiger partial charge in [-0.15, -0.1) is 0 Å². The first-order chi connectivity index (χ1) is 8.61. The molecule has 0 radical (unpaired) electrons. The van der Waals surface area contributed by atoms with E-state index < -0.39 is 0 Å². The van der Waals surface area contributed by atoms with E-state index in [9.17, 15) is 5.11 Å². The van der Waals surface area contributed by atoms with Crippen molar-refractivity contribution in [2.45, 2.75) is 18.9 Å². The molecule has 2 aromatic rings. The quantitative estimate of drug-likeness (QED) is 0.806. The normalized spacial score (nSPS) is 23.0. The molecule has 3 rings (SSSR count). The lowest BCUT2D eigenvalue weighted by molar-refractivity contribution is 0.0461. The molecule has 1 heterocycles. The van der Waals surface area contributed by atoms with Gasteiger partial charge in [0, 0.05) is 19.3 Å². The average molecular weight is 247 g/mol. The van der Waals surface area contributed by atoms with Crippen molar-refractivity contribution in [3.05, 3.63) is 18.2 Å². The first-order valence-electron chi connectivity index (χ1n) is 6.17. The average Bonchev–Trinajstić information content (AvgIpc) is 2.69. The highest BCUT2D eigenvalue weighted by Crippen LogP contribution is 2.30. The molecular formula is C13H17N3O2. The summed E-state index contributed by atoms with van der Waals surface area (Å²) in [6.07, 6.45) is 1.63. The number of oxazole rings is 1. The number of hydrogen-bond donors (Lipinski definition) is 2. The lowest BCUT2D eigenvalue weighted by Gasteiger charge is -2.33. The summed E-state index contributed by atoms with van der Waals surface area (Å²) in [6, 6.07) is 6.06. The Labute approximate surface area is 105 Å². The van der Waals surface area contributed by atoms with E-state index in [1.165, 1.54) is 0 Å². The maximum absolute atomic E-state index is 9.28.